The number of rotatable bonds is 0. The van der Waals surface area contributed by atoms with Crippen molar-refractivity contribution in [3.05, 3.63) is 48.5 Å². The normalized spacial score (nSPS) is 15.1. The highest BCUT2D eigenvalue weighted by Crippen LogP contribution is 2.26. The molecule has 0 saturated carbocycles. The summed E-state index contributed by atoms with van der Waals surface area (Å²) in [4.78, 5) is 0. The molecule has 1 aliphatic heterocycles. The van der Waals surface area contributed by atoms with Gasteiger partial charge in [0.15, 0.2) is 0 Å². The van der Waals surface area contributed by atoms with Crippen LogP contribution in [0.15, 0.2) is 48.5 Å². The van der Waals surface area contributed by atoms with Gasteiger partial charge in [-0.25, -0.2) is 0 Å². The molecule has 0 radical (unpaired) electrons. The molecule has 3 heteroatoms. The quantitative estimate of drug-likeness (QED) is 0.678. The third-order valence-electron chi connectivity index (χ3n) is 3.67. The SMILES string of the molecule is C1COCCN1.Cn1c2ccccc2c2ccccc21. The van der Waals surface area contributed by atoms with Gasteiger partial charge in [0, 0.05) is 41.9 Å². The first-order valence-electron chi connectivity index (χ1n) is 7.08. The van der Waals surface area contributed by atoms with Gasteiger partial charge in [-0.2, -0.15) is 0 Å². The van der Waals surface area contributed by atoms with Gasteiger partial charge in [-0.1, -0.05) is 36.4 Å². The van der Waals surface area contributed by atoms with Gasteiger partial charge < -0.3 is 14.6 Å². The maximum atomic E-state index is 5.01. The summed E-state index contributed by atoms with van der Waals surface area (Å²) in [5.74, 6) is 0. The lowest BCUT2D eigenvalue weighted by molar-refractivity contribution is 0.109. The van der Waals surface area contributed by atoms with Gasteiger partial charge in [0.05, 0.1) is 13.2 Å². The van der Waals surface area contributed by atoms with Crippen molar-refractivity contribution in [3.8, 4) is 0 Å². The molecule has 0 aliphatic carbocycles. The van der Waals surface area contributed by atoms with Gasteiger partial charge in [0.2, 0.25) is 0 Å². The van der Waals surface area contributed by atoms with E-state index in [1.807, 2.05) is 0 Å². The maximum Gasteiger partial charge on any atom is 0.0591 e. The largest absolute Gasteiger partial charge is 0.379 e. The van der Waals surface area contributed by atoms with Crippen molar-refractivity contribution < 1.29 is 4.74 Å². The number of ether oxygens (including phenoxy) is 1. The standard InChI is InChI=1S/C13H11N.C4H9NO/c1-14-12-8-4-2-6-10(12)11-7-3-5-9-13(11)14;1-3-6-4-2-5-1/h2-9H,1H3;5H,1-4H2. The van der Waals surface area contributed by atoms with Crippen molar-refractivity contribution in [2.24, 2.45) is 7.05 Å². The molecule has 104 valence electrons. The Kier molecular flexibility index (Phi) is 4.00. The fourth-order valence-corrected chi connectivity index (χ4v) is 2.63. The van der Waals surface area contributed by atoms with E-state index in [0.29, 0.717) is 0 Å². The fourth-order valence-electron chi connectivity index (χ4n) is 2.63. The zero-order chi connectivity index (χ0) is 13.8. The molecule has 20 heavy (non-hydrogen) atoms. The molecule has 3 nitrogen and oxygen atoms in total. The van der Waals surface area contributed by atoms with Crippen LogP contribution in [-0.2, 0) is 11.8 Å². The minimum Gasteiger partial charge on any atom is -0.379 e. The first-order chi connectivity index (χ1) is 9.88. The first kappa shape index (κ1) is 13.2. The van der Waals surface area contributed by atoms with Crippen LogP contribution < -0.4 is 5.32 Å². The van der Waals surface area contributed by atoms with E-state index in [1.54, 1.807) is 0 Å². The third-order valence-corrected chi connectivity index (χ3v) is 3.67. The van der Waals surface area contributed by atoms with Gasteiger partial charge in [-0.15, -0.1) is 0 Å². The second-order valence-electron chi connectivity index (χ2n) is 4.96. The highest BCUT2D eigenvalue weighted by molar-refractivity contribution is 6.07. The molecule has 1 aliphatic rings. The van der Waals surface area contributed by atoms with Crippen molar-refractivity contribution >= 4 is 21.8 Å². The molecule has 1 aromatic heterocycles. The number of hydrogen-bond donors (Lipinski definition) is 1. The summed E-state index contributed by atoms with van der Waals surface area (Å²) in [6.45, 7) is 3.83. The Balaban J connectivity index is 0.000000170. The number of aromatic nitrogens is 1. The molecule has 4 rings (SSSR count). The van der Waals surface area contributed by atoms with Crippen molar-refractivity contribution in [1.82, 2.24) is 9.88 Å². The summed E-state index contributed by atoms with van der Waals surface area (Å²) < 4.78 is 7.25. The van der Waals surface area contributed by atoms with Gasteiger partial charge >= 0.3 is 0 Å². The molecule has 0 atom stereocenters. The second kappa shape index (κ2) is 6.07. The van der Waals surface area contributed by atoms with Crippen molar-refractivity contribution in [2.75, 3.05) is 26.3 Å². The number of nitrogens with one attached hydrogen (secondary N) is 1. The van der Waals surface area contributed by atoms with Gasteiger partial charge in [0.1, 0.15) is 0 Å². The number of nitrogens with zero attached hydrogens (tertiary/aromatic N) is 1. The summed E-state index contributed by atoms with van der Waals surface area (Å²) >= 11 is 0. The van der Waals surface area contributed by atoms with Crippen molar-refractivity contribution in [3.63, 3.8) is 0 Å². The van der Waals surface area contributed by atoms with Crippen LogP contribution in [0, 0.1) is 0 Å². The lowest BCUT2D eigenvalue weighted by Gasteiger charge is -2.10. The van der Waals surface area contributed by atoms with Gasteiger partial charge in [-0.3, -0.25) is 0 Å². The van der Waals surface area contributed by atoms with Crippen LogP contribution in [0.1, 0.15) is 0 Å². The topological polar surface area (TPSA) is 26.2 Å². The highest BCUT2D eigenvalue weighted by Gasteiger charge is 2.04. The lowest BCUT2D eigenvalue weighted by Crippen LogP contribution is -2.30. The molecular formula is C17H20N2O. The van der Waals surface area contributed by atoms with Crippen LogP contribution in [0.4, 0.5) is 0 Å². The number of aryl methyl sites for hydroxylation is 1. The molecule has 1 saturated heterocycles. The molecule has 2 heterocycles. The Labute approximate surface area is 119 Å². The highest BCUT2D eigenvalue weighted by atomic mass is 16.5. The lowest BCUT2D eigenvalue weighted by atomic mass is 10.2. The smallest absolute Gasteiger partial charge is 0.0591 e. The number of hydrogen-bond acceptors (Lipinski definition) is 2. The maximum absolute atomic E-state index is 5.01. The minimum absolute atomic E-state index is 0.889. The van der Waals surface area contributed by atoms with Crippen LogP contribution in [-0.4, -0.2) is 30.9 Å². The average Bonchev–Trinajstić information content (AvgIpc) is 2.84. The Bertz CT molecular complexity index is 634. The van der Waals surface area contributed by atoms with Crippen LogP contribution in [0.3, 0.4) is 0 Å². The number of morpholine rings is 1. The van der Waals surface area contributed by atoms with Crippen molar-refractivity contribution in [1.29, 1.82) is 0 Å². The van der Waals surface area contributed by atoms with E-state index < -0.39 is 0 Å². The van der Waals surface area contributed by atoms with E-state index in [-0.39, 0.29) is 0 Å². The van der Waals surface area contributed by atoms with E-state index in [4.69, 9.17) is 4.74 Å². The van der Waals surface area contributed by atoms with Crippen LogP contribution in [0.5, 0.6) is 0 Å². The van der Waals surface area contributed by atoms with E-state index in [9.17, 15) is 0 Å². The fraction of sp³-hybridized carbons (Fsp3) is 0.294. The van der Waals surface area contributed by atoms with Crippen LogP contribution >= 0.6 is 0 Å². The Hall–Kier alpha value is -1.84. The molecule has 3 aromatic rings. The number of benzene rings is 2. The van der Waals surface area contributed by atoms with Crippen LogP contribution in [0.2, 0.25) is 0 Å². The molecule has 0 unspecified atom stereocenters. The third kappa shape index (κ3) is 2.55. The van der Waals surface area contributed by atoms with E-state index in [1.165, 1.54) is 21.8 Å². The second-order valence-corrected chi connectivity index (χ2v) is 4.96. The molecule has 0 spiro atoms. The Morgan fingerprint density at radius 3 is 1.75 bits per heavy atom. The molecule has 1 fully saturated rings. The van der Waals surface area contributed by atoms with Crippen molar-refractivity contribution in [2.45, 2.75) is 0 Å². The number of fused-ring (bicyclic) bond motifs is 3. The average molecular weight is 268 g/mol. The molecule has 0 amide bonds. The summed E-state index contributed by atoms with van der Waals surface area (Å²) in [5.41, 5.74) is 2.60. The predicted octanol–water partition coefficient (Wildman–Crippen LogP) is 2.94. The number of para-hydroxylation sites is 2. The van der Waals surface area contributed by atoms with Crippen LogP contribution in [0.25, 0.3) is 21.8 Å². The Morgan fingerprint density at radius 2 is 1.35 bits per heavy atom. The molecule has 2 aromatic carbocycles. The molecule has 0 bridgehead atoms. The predicted molar refractivity (Wildman–Crippen MR) is 84.1 cm³/mol. The first-order valence-corrected chi connectivity index (χ1v) is 7.08. The molecule has 1 N–H and O–H groups in total. The summed E-state index contributed by atoms with van der Waals surface area (Å²) in [6.07, 6.45) is 0. The summed E-state index contributed by atoms with van der Waals surface area (Å²) in [7, 11) is 2.12. The summed E-state index contributed by atoms with van der Waals surface area (Å²) in [6, 6.07) is 17.0. The van der Waals surface area contributed by atoms with E-state index in [2.05, 4.69) is 65.5 Å². The van der Waals surface area contributed by atoms with E-state index in [0.717, 1.165) is 26.3 Å². The molecular weight excluding hydrogens is 248 g/mol. The van der Waals surface area contributed by atoms with E-state index >= 15 is 0 Å². The minimum atomic E-state index is 0.889. The Morgan fingerprint density at radius 1 is 0.850 bits per heavy atom. The monoisotopic (exact) mass is 268 g/mol. The summed E-state index contributed by atoms with van der Waals surface area (Å²) in [5, 5.41) is 5.84. The van der Waals surface area contributed by atoms with Gasteiger partial charge in [-0.05, 0) is 12.1 Å². The zero-order valence-corrected chi connectivity index (χ0v) is 11.8. The van der Waals surface area contributed by atoms with Gasteiger partial charge in [0.25, 0.3) is 0 Å². The zero-order valence-electron chi connectivity index (χ0n) is 11.8.